The molecule has 3 aromatic rings. The molecule has 0 aliphatic carbocycles. The van der Waals surface area contributed by atoms with E-state index in [0.717, 1.165) is 42.9 Å². The van der Waals surface area contributed by atoms with Crippen LogP contribution in [-0.4, -0.2) is 27.9 Å². The molecule has 1 aliphatic heterocycles. The van der Waals surface area contributed by atoms with Crippen LogP contribution in [0.5, 0.6) is 5.75 Å². The monoisotopic (exact) mass is 405 g/mol. The fourth-order valence-electron chi connectivity index (χ4n) is 3.64. The highest BCUT2D eigenvalue weighted by Gasteiger charge is 2.25. The van der Waals surface area contributed by atoms with Crippen LogP contribution < -0.4 is 15.0 Å². The molecular formula is C23H27N5O2. The number of aryl methyl sites for hydroxylation is 2. The number of carbonyl (C=O) groups is 1. The van der Waals surface area contributed by atoms with Gasteiger partial charge < -0.3 is 10.1 Å². The van der Waals surface area contributed by atoms with E-state index in [0.29, 0.717) is 18.2 Å². The Bertz CT molecular complexity index is 995. The number of hydrogen-bond acceptors (Lipinski definition) is 4. The second-order valence-electron chi connectivity index (χ2n) is 7.61. The molecule has 2 aromatic carbocycles. The Morgan fingerprint density at radius 2 is 1.83 bits per heavy atom. The number of fused-ring (bicyclic) bond motifs is 1. The first kappa shape index (κ1) is 19.9. The van der Waals surface area contributed by atoms with E-state index in [2.05, 4.69) is 39.1 Å². The van der Waals surface area contributed by atoms with Crippen molar-refractivity contribution in [2.45, 2.75) is 45.7 Å². The average molecular weight is 406 g/mol. The number of aromatic nitrogens is 3. The van der Waals surface area contributed by atoms with Crippen LogP contribution in [0.3, 0.4) is 0 Å². The second kappa shape index (κ2) is 8.98. The van der Waals surface area contributed by atoms with Crippen LogP contribution >= 0.6 is 0 Å². The molecule has 2 heterocycles. The summed E-state index contributed by atoms with van der Waals surface area (Å²) in [5.74, 6) is 2.29. The lowest BCUT2D eigenvalue weighted by Crippen LogP contribution is -2.36. The standard InChI is InChI=1S/C23H27N5O2/c1-17-7-9-18(10-8-17)16-28(22-26-25-21-6-4-3-5-15-27(21)22)23(29)24-19-11-13-20(30-2)14-12-19/h7-14H,3-6,15-16H2,1-2H3,(H,24,29). The van der Waals surface area contributed by atoms with Crippen molar-refractivity contribution >= 4 is 17.7 Å². The van der Waals surface area contributed by atoms with Gasteiger partial charge in [-0.1, -0.05) is 36.2 Å². The zero-order valence-corrected chi connectivity index (χ0v) is 17.5. The van der Waals surface area contributed by atoms with Gasteiger partial charge in [-0.25, -0.2) is 4.79 Å². The van der Waals surface area contributed by atoms with E-state index in [9.17, 15) is 4.79 Å². The van der Waals surface area contributed by atoms with Gasteiger partial charge in [0.05, 0.1) is 13.7 Å². The summed E-state index contributed by atoms with van der Waals surface area (Å²) in [6, 6.07) is 15.3. The number of hydrogen-bond donors (Lipinski definition) is 1. The van der Waals surface area contributed by atoms with Crippen molar-refractivity contribution in [2.75, 3.05) is 17.3 Å². The number of benzene rings is 2. The fourth-order valence-corrected chi connectivity index (χ4v) is 3.64. The summed E-state index contributed by atoms with van der Waals surface area (Å²) in [6.45, 7) is 3.30. The smallest absolute Gasteiger partial charge is 0.329 e. The number of urea groups is 1. The van der Waals surface area contributed by atoms with Crippen molar-refractivity contribution in [1.82, 2.24) is 14.8 Å². The molecule has 0 fully saturated rings. The molecule has 7 nitrogen and oxygen atoms in total. The molecule has 0 radical (unpaired) electrons. The minimum atomic E-state index is -0.236. The third-order valence-electron chi connectivity index (χ3n) is 5.38. The van der Waals surface area contributed by atoms with Gasteiger partial charge in [0, 0.05) is 18.7 Å². The topological polar surface area (TPSA) is 72.3 Å². The van der Waals surface area contributed by atoms with E-state index in [1.54, 1.807) is 12.0 Å². The summed E-state index contributed by atoms with van der Waals surface area (Å²) < 4.78 is 7.29. The van der Waals surface area contributed by atoms with Crippen LogP contribution in [0.15, 0.2) is 48.5 Å². The quantitative estimate of drug-likeness (QED) is 0.675. The summed E-state index contributed by atoms with van der Waals surface area (Å²) >= 11 is 0. The highest BCUT2D eigenvalue weighted by atomic mass is 16.5. The molecule has 0 saturated heterocycles. The zero-order valence-electron chi connectivity index (χ0n) is 17.5. The van der Waals surface area contributed by atoms with E-state index in [-0.39, 0.29) is 6.03 Å². The van der Waals surface area contributed by atoms with E-state index >= 15 is 0 Å². The Morgan fingerprint density at radius 3 is 2.57 bits per heavy atom. The molecule has 2 amide bonds. The maximum Gasteiger partial charge on any atom is 0.329 e. The molecule has 0 atom stereocenters. The van der Waals surface area contributed by atoms with Gasteiger partial charge in [-0.3, -0.25) is 9.47 Å². The van der Waals surface area contributed by atoms with E-state index in [1.165, 1.54) is 12.0 Å². The molecule has 0 bridgehead atoms. The van der Waals surface area contributed by atoms with Gasteiger partial charge >= 0.3 is 6.03 Å². The van der Waals surface area contributed by atoms with E-state index in [1.807, 2.05) is 36.4 Å². The highest BCUT2D eigenvalue weighted by Crippen LogP contribution is 2.23. The van der Waals surface area contributed by atoms with Crippen LogP contribution in [0.4, 0.5) is 16.4 Å². The normalized spacial score (nSPS) is 13.3. The summed E-state index contributed by atoms with van der Waals surface area (Å²) in [5.41, 5.74) is 2.92. The van der Waals surface area contributed by atoms with E-state index in [4.69, 9.17) is 4.74 Å². The number of nitrogens with one attached hydrogen (secondary N) is 1. The number of methoxy groups -OCH3 is 1. The van der Waals surface area contributed by atoms with Crippen LogP contribution in [0.1, 0.15) is 36.2 Å². The van der Waals surface area contributed by atoms with Crippen LogP contribution in [0.2, 0.25) is 0 Å². The van der Waals surface area contributed by atoms with Crippen molar-refractivity contribution in [3.05, 3.63) is 65.5 Å². The number of carbonyl (C=O) groups excluding carboxylic acids is 1. The molecule has 4 rings (SSSR count). The highest BCUT2D eigenvalue weighted by molar-refractivity contribution is 6.00. The van der Waals surface area contributed by atoms with Crippen molar-refractivity contribution < 1.29 is 9.53 Å². The predicted octanol–water partition coefficient (Wildman–Crippen LogP) is 4.56. The Labute approximate surface area is 176 Å². The number of anilines is 2. The van der Waals surface area contributed by atoms with Gasteiger partial charge in [0.2, 0.25) is 5.95 Å². The molecule has 0 saturated carbocycles. The van der Waals surface area contributed by atoms with Gasteiger partial charge in [-0.2, -0.15) is 0 Å². The minimum Gasteiger partial charge on any atom is -0.497 e. The lowest BCUT2D eigenvalue weighted by atomic mass is 10.1. The van der Waals surface area contributed by atoms with Crippen molar-refractivity contribution in [1.29, 1.82) is 0 Å². The SMILES string of the molecule is COc1ccc(NC(=O)N(Cc2ccc(C)cc2)c2nnc3n2CCCCC3)cc1. The first-order valence-corrected chi connectivity index (χ1v) is 10.3. The Kier molecular flexibility index (Phi) is 5.97. The Balaban J connectivity index is 1.63. The summed E-state index contributed by atoms with van der Waals surface area (Å²) in [5, 5.41) is 11.8. The largest absolute Gasteiger partial charge is 0.497 e. The summed E-state index contributed by atoms with van der Waals surface area (Å²) in [4.78, 5) is 15.0. The first-order valence-electron chi connectivity index (χ1n) is 10.3. The molecule has 1 aliphatic rings. The number of ether oxygens (including phenoxy) is 1. The summed E-state index contributed by atoms with van der Waals surface area (Å²) in [7, 11) is 1.62. The third kappa shape index (κ3) is 4.45. The molecule has 0 spiro atoms. The van der Waals surface area contributed by atoms with Gasteiger partial charge in [-0.05, 0) is 49.6 Å². The van der Waals surface area contributed by atoms with Gasteiger partial charge in [0.25, 0.3) is 0 Å². The molecule has 156 valence electrons. The van der Waals surface area contributed by atoms with E-state index < -0.39 is 0 Å². The lowest BCUT2D eigenvalue weighted by molar-refractivity contribution is 0.256. The van der Waals surface area contributed by atoms with Crippen molar-refractivity contribution in [3.63, 3.8) is 0 Å². The molecule has 1 N–H and O–H groups in total. The summed E-state index contributed by atoms with van der Waals surface area (Å²) in [6.07, 6.45) is 4.23. The van der Waals surface area contributed by atoms with Crippen LogP contribution in [0.25, 0.3) is 0 Å². The van der Waals surface area contributed by atoms with Crippen LogP contribution in [-0.2, 0) is 19.5 Å². The maximum atomic E-state index is 13.3. The predicted molar refractivity (Wildman–Crippen MR) is 117 cm³/mol. The fraction of sp³-hybridized carbons (Fsp3) is 0.348. The zero-order chi connectivity index (χ0) is 20.9. The molecule has 7 heteroatoms. The van der Waals surface area contributed by atoms with Crippen molar-refractivity contribution in [3.8, 4) is 5.75 Å². The average Bonchev–Trinajstić information content (AvgIpc) is 3.01. The molecule has 0 unspecified atom stereocenters. The minimum absolute atomic E-state index is 0.236. The number of amides is 2. The molecule has 30 heavy (non-hydrogen) atoms. The van der Waals surface area contributed by atoms with Gasteiger partial charge in [-0.15, -0.1) is 10.2 Å². The first-order chi connectivity index (χ1) is 14.6. The molecular weight excluding hydrogens is 378 g/mol. The molecule has 1 aromatic heterocycles. The Morgan fingerprint density at radius 1 is 1.07 bits per heavy atom. The second-order valence-corrected chi connectivity index (χ2v) is 7.61. The number of nitrogens with zero attached hydrogens (tertiary/aromatic N) is 4. The van der Waals surface area contributed by atoms with Gasteiger partial charge in [0.1, 0.15) is 11.6 Å². The Hall–Kier alpha value is -3.35. The van der Waals surface area contributed by atoms with Crippen LogP contribution in [0, 0.1) is 6.92 Å². The maximum absolute atomic E-state index is 13.3. The third-order valence-corrected chi connectivity index (χ3v) is 5.38. The van der Waals surface area contributed by atoms with Gasteiger partial charge in [0.15, 0.2) is 0 Å². The lowest BCUT2D eigenvalue weighted by Gasteiger charge is -2.23. The van der Waals surface area contributed by atoms with Crippen molar-refractivity contribution in [2.24, 2.45) is 0 Å². The number of rotatable bonds is 5.